The molecule has 5 heteroatoms. The summed E-state index contributed by atoms with van der Waals surface area (Å²) in [5.74, 6) is 1.33. The van der Waals surface area contributed by atoms with Crippen LogP contribution in [0.3, 0.4) is 0 Å². The highest BCUT2D eigenvalue weighted by Gasteiger charge is 2.03. The van der Waals surface area contributed by atoms with E-state index < -0.39 is 0 Å². The van der Waals surface area contributed by atoms with Crippen molar-refractivity contribution in [1.82, 2.24) is 10.2 Å². The minimum atomic E-state index is 0.408. The second-order valence-corrected chi connectivity index (χ2v) is 3.88. The minimum absolute atomic E-state index is 0.408. The van der Waals surface area contributed by atoms with E-state index in [0.717, 1.165) is 15.8 Å². The van der Waals surface area contributed by atoms with E-state index in [-0.39, 0.29) is 0 Å². The predicted molar refractivity (Wildman–Crippen MR) is 61.5 cm³/mol. The average Bonchev–Trinajstić information content (AvgIpc) is 2.63. The molecule has 2 rings (SSSR count). The van der Waals surface area contributed by atoms with Gasteiger partial charge >= 0.3 is 0 Å². The van der Waals surface area contributed by atoms with Crippen LogP contribution in [0.4, 0.5) is 5.82 Å². The zero-order chi connectivity index (χ0) is 10.7. The molecule has 0 atom stereocenters. The number of nitrogens with two attached hydrogens (primary N) is 1. The Hall–Kier alpha value is -1.49. The summed E-state index contributed by atoms with van der Waals surface area (Å²) in [5, 5.41) is 6.47. The van der Waals surface area contributed by atoms with Gasteiger partial charge in [-0.3, -0.25) is 5.10 Å². The van der Waals surface area contributed by atoms with Gasteiger partial charge in [0, 0.05) is 0 Å². The second-order valence-electron chi connectivity index (χ2n) is 3.03. The molecule has 1 aromatic carbocycles. The normalized spacial score (nSPS) is 10.2. The molecule has 0 unspecified atom stereocenters. The highest BCUT2D eigenvalue weighted by Crippen LogP contribution is 2.25. The molecule has 0 fully saturated rings. The summed E-state index contributed by atoms with van der Waals surface area (Å²) in [6, 6.07) is 7.66. The van der Waals surface area contributed by atoms with Gasteiger partial charge in [0.1, 0.15) is 18.2 Å². The van der Waals surface area contributed by atoms with E-state index >= 15 is 0 Å². The number of aromatic nitrogens is 2. The Morgan fingerprint density at radius 2 is 2.20 bits per heavy atom. The summed E-state index contributed by atoms with van der Waals surface area (Å²) in [6.45, 7) is 0.408. The number of hydrogen-bond acceptors (Lipinski definition) is 3. The average molecular weight is 268 g/mol. The van der Waals surface area contributed by atoms with Crippen LogP contribution in [0.25, 0.3) is 0 Å². The van der Waals surface area contributed by atoms with Gasteiger partial charge in [0.15, 0.2) is 0 Å². The highest BCUT2D eigenvalue weighted by atomic mass is 79.9. The van der Waals surface area contributed by atoms with Crippen molar-refractivity contribution in [1.29, 1.82) is 0 Å². The van der Waals surface area contributed by atoms with E-state index in [2.05, 4.69) is 26.1 Å². The van der Waals surface area contributed by atoms with Crippen molar-refractivity contribution in [2.75, 3.05) is 5.73 Å². The van der Waals surface area contributed by atoms with Crippen LogP contribution >= 0.6 is 15.9 Å². The van der Waals surface area contributed by atoms with E-state index in [0.29, 0.717) is 12.4 Å². The maximum atomic E-state index is 5.63. The number of benzene rings is 1. The van der Waals surface area contributed by atoms with Gasteiger partial charge in [0.05, 0.1) is 16.2 Å². The Morgan fingerprint density at radius 1 is 1.40 bits per heavy atom. The van der Waals surface area contributed by atoms with Crippen molar-refractivity contribution < 1.29 is 4.74 Å². The van der Waals surface area contributed by atoms with Gasteiger partial charge in [0.25, 0.3) is 0 Å². The quantitative estimate of drug-likeness (QED) is 0.897. The van der Waals surface area contributed by atoms with Crippen molar-refractivity contribution in [2.45, 2.75) is 6.61 Å². The Balaban J connectivity index is 2.06. The number of nitrogens with zero attached hydrogens (tertiary/aromatic N) is 1. The zero-order valence-corrected chi connectivity index (χ0v) is 9.49. The molecular formula is C10H10BrN3O. The Labute approximate surface area is 95.6 Å². The lowest BCUT2D eigenvalue weighted by molar-refractivity contribution is 0.305. The van der Waals surface area contributed by atoms with Crippen LogP contribution in [0.15, 0.2) is 34.9 Å². The van der Waals surface area contributed by atoms with Gasteiger partial charge in [-0.2, -0.15) is 5.10 Å². The molecule has 0 saturated heterocycles. The number of rotatable bonds is 3. The monoisotopic (exact) mass is 267 g/mol. The van der Waals surface area contributed by atoms with Crippen LogP contribution in [-0.4, -0.2) is 10.2 Å². The van der Waals surface area contributed by atoms with Crippen LogP contribution in [0.2, 0.25) is 0 Å². The maximum absolute atomic E-state index is 5.63. The fraction of sp³-hybridized carbons (Fsp3) is 0.100. The Morgan fingerprint density at radius 3 is 2.87 bits per heavy atom. The molecule has 3 N–H and O–H groups in total. The predicted octanol–water partition coefficient (Wildman–Crippen LogP) is 2.33. The number of para-hydroxylation sites is 1. The lowest BCUT2D eigenvalue weighted by Crippen LogP contribution is -1.98. The smallest absolute Gasteiger partial charge is 0.133 e. The SMILES string of the molecule is Nc1[nH]ncc1COc1ccccc1Br. The molecule has 1 heterocycles. The molecule has 0 spiro atoms. The van der Waals surface area contributed by atoms with Crippen LogP contribution in [0.1, 0.15) is 5.56 Å². The lowest BCUT2D eigenvalue weighted by Gasteiger charge is -2.06. The Bertz CT molecular complexity index is 455. The van der Waals surface area contributed by atoms with Gasteiger partial charge < -0.3 is 10.5 Å². The van der Waals surface area contributed by atoms with Gasteiger partial charge in [-0.1, -0.05) is 12.1 Å². The topological polar surface area (TPSA) is 63.9 Å². The fourth-order valence-corrected chi connectivity index (χ4v) is 1.55. The number of ether oxygens (including phenoxy) is 1. The molecule has 0 amide bonds. The summed E-state index contributed by atoms with van der Waals surface area (Å²) >= 11 is 3.40. The summed E-state index contributed by atoms with van der Waals surface area (Å²) in [6.07, 6.45) is 1.66. The largest absolute Gasteiger partial charge is 0.488 e. The first-order chi connectivity index (χ1) is 7.27. The third-order valence-electron chi connectivity index (χ3n) is 1.97. The molecule has 0 aliphatic rings. The number of anilines is 1. The number of aromatic amines is 1. The van der Waals surface area contributed by atoms with Crippen molar-refractivity contribution >= 4 is 21.7 Å². The lowest BCUT2D eigenvalue weighted by atomic mass is 10.3. The maximum Gasteiger partial charge on any atom is 0.133 e. The Kier molecular flexibility index (Phi) is 2.91. The van der Waals surface area contributed by atoms with Gasteiger partial charge in [-0.05, 0) is 28.1 Å². The van der Waals surface area contributed by atoms with Crippen molar-refractivity contribution in [3.63, 3.8) is 0 Å². The zero-order valence-electron chi connectivity index (χ0n) is 7.90. The van der Waals surface area contributed by atoms with E-state index in [1.807, 2.05) is 24.3 Å². The summed E-state index contributed by atoms with van der Waals surface area (Å²) in [4.78, 5) is 0. The van der Waals surface area contributed by atoms with Gasteiger partial charge in [-0.25, -0.2) is 0 Å². The molecule has 1 aromatic heterocycles. The summed E-state index contributed by atoms with van der Waals surface area (Å²) < 4.78 is 6.50. The molecule has 4 nitrogen and oxygen atoms in total. The molecular weight excluding hydrogens is 258 g/mol. The number of H-pyrrole nitrogens is 1. The molecule has 15 heavy (non-hydrogen) atoms. The molecule has 0 aliphatic carbocycles. The molecule has 0 bridgehead atoms. The fourth-order valence-electron chi connectivity index (χ4n) is 1.15. The standard InChI is InChI=1S/C10H10BrN3O/c11-8-3-1-2-4-9(8)15-6-7-5-13-14-10(7)12/h1-5H,6H2,(H3,12,13,14). The first kappa shape index (κ1) is 10.0. The minimum Gasteiger partial charge on any atom is -0.488 e. The highest BCUT2D eigenvalue weighted by molar-refractivity contribution is 9.10. The number of halogens is 1. The molecule has 0 radical (unpaired) electrons. The molecule has 0 saturated carbocycles. The van der Waals surface area contributed by atoms with E-state index in [1.54, 1.807) is 6.20 Å². The van der Waals surface area contributed by atoms with Crippen molar-refractivity contribution in [3.8, 4) is 5.75 Å². The molecule has 78 valence electrons. The second kappa shape index (κ2) is 4.35. The number of nitrogens with one attached hydrogen (secondary N) is 1. The van der Waals surface area contributed by atoms with Crippen LogP contribution in [-0.2, 0) is 6.61 Å². The van der Waals surface area contributed by atoms with Gasteiger partial charge in [-0.15, -0.1) is 0 Å². The third kappa shape index (κ3) is 2.30. The van der Waals surface area contributed by atoms with Crippen LogP contribution < -0.4 is 10.5 Å². The van der Waals surface area contributed by atoms with E-state index in [1.165, 1.54) is 0 Å². The van der Waals surface area contributed by atoms with E-state index in [9.17, 15) is 0 Å². The molecule has 2 aromatic rings. The van der Waals surface area contributed by atoms with Crippen LogP contribution in [0.5, 0.6) is 5.75 Å². The number of nitrogen functional groups attached to an aromatic ring is 1. The number of hydrogen-bond donors (Lipinski definition) is 2. The first-order valence-corrected chi connectivity index (χ1v) is 5.21. The van der Waals surface area contributed by atoms with E-state index in [4.69, 9.17) is 10.5 Å². The van der Waals surface area contributed by atoms with Crippen LogP contribution in [0, 0.1) is 0 Å². The summed E-state index contributed by atoms with van der Waals surface area (Å²) in [7, 11) is 0. The third-order valence-corrected chi connectivity index (χ3v) is 2.63. The molecule has 0 aliphatic heterocycles. The van der Waals surface area contributed by atoms with Crippen molar-refractivity contribution in [3.05, 3.63) is 40.5 Å². The van der Waals surface area contributed by atoms with Gasteiger partial charge in [0.2, 0.25) is 0 Å². The van der Waals surface area contributed by atoms with Crippen molar-refractivity contribution in [2.24, 2.45) is 0 Å². The summed E-state index contributed by atoms with van der Waals surface area (Å²) in [5.41, 5.74) is 6.49. The first-order valence-electron chi connectivity index (χ1n) is 4.42.